The van der Waals surface area contributed by atoms with Gasteiger partial charge in [-0.2, -0.15) is 0 Å². The molecule has 0 saturated carbocycles. The molecule has 0 aliphatic carbocycles. The Morgan fingerprint density at radius 2 is 0.758 bits per heavy atom. The number of aryl methyl sites for hydroxylation is 4. The van der Waals surface area contributed by atoms with Crippen LogP contribution in [0.1, 0.15) is 22.3 Å². The average molecular weight is 511 g/mol. The summed E-state index contributed by atoms with van der Waals surface area (Å²) in [4.78, 5) is -0.355. The van der Waals surface area contributed by atoms with E-state index in [1.165, 1.54) is 24.3 Å². The van der Waals surface area contributed by atoms with Crippen LogP contribution in [-0.4, -0.2) is 63.7 Å². The molecule has 4 aromatic rings. The van der Waals surface area contributed by atoms with Crippen LogP contribution < -0.4 is 0 Å². The van der Waals surface area contributed by atoms with Crippen molar-refractivity contribution in [3.63, 3.8) is 0 Å². The summed E-state index contributed by atoms with van der Waals surface area (Å²) in [5.74, 6) is 0. The fourth-order valence-electron chi connectivity index (χ4n) is 3.32. The molecular formula is C24H22CaO6S2. The topological polar surface area (TPSA) is 114 Å². The van der Waals surface area contributed by atoms with Gasteiger partial charge in [0.25, 0.3) is 0 Å². The quantitative estimate of drug-likeness (QED) is 0.293. The van der Waals surface area contributed by atoms with Crippen molar-refractivity contribution in [3.8, 4) is 0 Å². The molecule has 0 bridgehead atoms. The Bertz CT molecular complexity index is 1440. The van der Waals surface area contributed by atoms with Gasteiger partial charge in [-0.05, 0) is 95.8 Å². The van der Waals surface area contributed by atoms with Crippen LogP contribution in [0, 0.1) is 27.7 Å². The minimum absolute atomic E-state index is 0. The smallest absolute Gasteiger partial charge is 0.744 e. The molecule has 4 rings (SSSR count). The van der Waals surface area contributed by atoms with E-state index in [1.807, 2.05) is 52.0 Å². The first kappa shape index (κ1) is 27.7. The van der Waals surface area contributed by atoms with Gasteiger partial charge in [0.2, 0.25) is 0 Å². The van der Waals surface area contributed by atoms with Crippen molar-refractivity contribution < 1.29 is 25.9 Å². The number of benzene rings is 4. The van der Waals surface area contributed by atoms with E-state index < -0.39 is 20.2 Å². The maximum absolute atomic E-state index is 10.9. The van der Waals surface area contributed by atoms with Crippen molar-refractivity contribution in [3.05, 3.63) is 82.9 Å². The van der Waals surface area contributed by atoms with Gasteiger partial charge in [-0.3, -0.25) is 0 Å². The van der Waals surface area contributed by atoms with Gasteiger partial charge in [-0.1, -0.05) is 36.4 Å². The molecule has 0 fully saturated rings. The molecular weight excluding hydrogens is 488 g/mol. The Morgan fingerprint density at radius 1 is 0.485 bits per heavy atom. The zero-order chi connectivity index (χ0) is 23.8. The summed E-state index contributed by atoms with van der Waals surface area (Å²) < 4.78 is 65.2. The molecule has 0 spiro atoms. The van der Waals surface area contributed by atoms with Crippen LogP contribution in [-0.2, 0) is 20.2 Å². The van der Waals surface area contributed by atoms with Gasteiger partial charge in [-0.15, -0.1) is 0 Å². The molecule has 0 aliphatic rings. The van der Waals surface area contributed by atoms with Gasteiger partial charge in [0.05, 0.1) is 9.79 Å². The molecule has 0 saturated heterocycles. The van der Waals surface area contributed by atoms with Gasteiger partial charge < -0.3 is 9.11 Å². The summed E-state index contributed by atoms with van der Waals surface area (Å²) in [6.07, 6.45) is 0. The van der Waals surface area contributed by atoms with Crippen molar-refractivity contribution in [2.24, 2.45) is 0 Å². The number of hydrogen-bond acceptors (Lipinski definition) is 6. The van der Waals surface area contributed by atoms with Gasteiger partial charge in [0, 0.05) is 0 Å². The zero-order valence-electron chi connectivity index (χ0n) is 18.7. The molecule has 0 radical (unpaired) electrons. The first-order valence-electron chi connectivity index (χ1n) is 9.69. The van der Waals surface area contributed by atoms with E-state index in [1.54, 1.807) is 12.1 Å². The molecule has 6 nitrogen and oxygen atoms in total. The first-order chi connectivity index (χ1) is 14.8. The number of rotatable bonds is 2. The third-order valence-corrected chi connectivity index (χ3v) is 7.09. The van der Waals surface area contributed by atoms with Crippen LogP contribution >= 0.6 is 0 Å². The molecule has 168 valence electrons. The van der Waals surface area contributed by atoms with E-state index in [2.05, 4.69) is 0 Å². The molecule has 0 amide bonds. The number of fused-ring (bicyclic) bond motifs is 2. The first-order valence-corrected chi connectivity index (χ1v) is 12.5. The van der Waals surface area contributed by atoms with E-state index in [0.717, 1.165) is 43.8 Å². The summed E-state index contributed by atoms with van der Waals surface area (Å²) in [7, 11) is -8.73. The molecule has 0 atom stereocenters. The molecule has 0 heterocycles. The predicted molar refractivity (Wildman–Crippen MR) is 129 cm³/mol. The predicted octanol–water partition coefficient (Wildman–Crippen LogP) is 4.34. The second-order valence-electron chi connectivity index (χ2n) is 7.80. The second kappa shape index (κ2) is 10.4. The van der Waals surface area contributed by atoms with Crippen molar-refractivity contribution in [2.75, 3.05) is 0 Å². The molecule has 0 aromatic heterocycles. The van der Waals surface area contributed by atoms with Crippen LogP contribution in [0.4, 0.5) is 0 Å². The van der Waals surface area contributed by atoms with Crippen LogP contribution in [0.15, 0.2) is 70.5 Å². The minimum Gasteiger partial charge on any atom is -0.744 e. The Morgan fingerprint density at radius 3 is 1.03 bits per heavy atom. The third kappa shape index (κ3) is 6.76. The van der Waals surface area contributed by atoms with Gasteiger partial charge in [0.15, 0.2) is 0 Å². The summed E-state index contributed by atoms with van der Waals surface area (Å²) in [5, 5.41) is 3.44. The molecule has 9 heteroatoms. The summed E-state index contributed by atoms with van der Waals surface area (Å²) >= 11 is 0. The van der Waals surface area contributed by atoms with Crippen molar-refractivity contribution in [2.45, 2.75) is 37.5 Å². The van der Waals surface area contributed by atoms with Gasteiger partial charge in [-0.25, -0.2) is 16.8 Å². The molecule has 4 aromatic carbocycles. The van der Waals surface area contributed by atoms with Crippen molar-refractivity contribution in [1.82, 2.24) is 0 Å². The molecule has 33 heavy (non-hydrogen) atoms. The Hall–Kier alpha value is -1.52. The Kier molecular flexibility index (Phi) is 8.73. The van der Waals surface area contributed by atoms with E-state index >= 15 is 0 Å². The fraction of sp³-hybridized carbons (Fsp3) is 0.167. The van der Waals surface area contributed by atoms with E-state index in [4.69, 9.17) is 0 Å². The Labute approximate surface area is 224 Å². The summed E-state index contributed by atoms with van der Waals surface area (Å²) in [5.41, 5.74) is 4.44. The van der Waals surface area contributed by atoms with E-state index in [9.17, 15) is 25.9 Å². The standard InChI is InChI=1S/2C12H12O3S.Ca/c2*1-8-5-10-3-4-12(16(13,14)15)7-11(10)6-9(8)2;/h2*3-7H,1-2H3,(H,13,14,15);/q;;+2/p-2. The van der Waals surface area contributed by atoms with E-state index in [-0.39, 0.29) is 47.5 Å². The van der Waals surface area contributed by atoms with Crippen molar-refractivity contribution >= 4 is 79.5 Å². The van der Waals surface area contributed by atoms with Crippen LogP contribution in [0.25, 0.3) is 21.5 Å². The normalized spacial score (nSPS) is 11.6. The second-order valence-corrected chi connectivity index (χ2v) is 10.6. The van der Waals surface area contributed by atoms with E-state index in [0.29, 0.717) is 0 Å². The average Bonchev–Trinajstić information content (AvgIpc) is 2.68. The van der Waals surface area contributed by atoms with Crippen LogP contribution in [0.2, 0.25) is 0 Å². The summed E-state index contributed by atoms with van der Waals surface area (Å²) in [6.45, 7) is 7.89. The minimum atomic E-state index is -4.37. The fourth-order valence-corrected chi connectivity index (χ4v) is 4.33. The zero-order valence-corrected chi connectivity index (χ0v) is 22.6. The molecule has 0 unspecified atom stereocenters. The Balaban J connectivity index is 0.000000227. The molecule has 0 N–H and O–H groups in total. The third-order valence-electron chi connectivity index (χ3n) is 5.43. The van der Waals surface area contributed by atoms with Crippen LogP contribution in [0.5, 0.6) is 0 Å². The number of hydrogen-bond donors (Lipinski definition) is 0. The maximum atomic E-state index is 10.9. The maximum Gasteiger partial charge on any atom is 2.00 e. The largest absolute Gasteiger partial charge is 2.00 e. The molecule has 0 aliphatic heterocycles. The van der Waals surface area contributed by atoms with Gasteiger partial charge in [0.1, 0.15) is 20.2 Å². The SMILES string of the molecule is Cc1cc2ccc(S(=O)(=O)[O-])cc2cc1C.Cc1cc2ccc(S(=O)(=O)[O-])cc2cc1C.[Ca+2]. The van der Waals surface area contributed by atoms with Gasteiger partial charge >= 0.3 is 37.7 Å². The van der Waals surface area contributed by atoms with Crippen LogP contribution in [0.3, 0.4) is 0 Å². The monoisotopic (exact) mass is 510 g/mol. The van der Waals surface area contributed by atoms with Crippen molar-refractivity contribution in [1.29, 1.82) is 0 Å². The summed E-state index contributed by atoms with van der Waals surface area (Å²) in [6, 6.07) is 16.6.